The zero-order valence-corrected chi connectivity index (χ0v) is 21.1. The number of methoxy groups -OCH3 is 1. The van der Waals surface area contributed by atoms with Gasteiger partial charge < -0.3 is 4.74 Å². The Bertz CT molecular complexity index is 1420. The van der Waals surface area contributed by atoms with Crippen LogP contribution in [0.15, 0.2) is 71.2 Å². The first-order chi connectivity index (χ1) is 17.3. The number of benzene rings is 1. The number of carbonyl (C=O) groups is 1. The van der Waals surface area contributed by atoms with Crippen LogP contribution < -0.4 is 10.2 Å². The summed E-state index contributed by atoms with van der Waals surface area (Å²) in [7, 11) is -0.789. The molecule has 13 heteroatoms. The van der Waals surface area contributed by atoms with E-state index < -0.39 is 22.0 Å². The number of carbonyl (C=O) groups excluding carboxylic acids is 1. The average Bonchev–Trinajstić information content (AvgIpc) is 3.58. The summed E-state index contributed by atoms with van der Waals surface area (Å²) in [5, 5.41) is 17.3. The van der Waals surface area contributed by atoms with Crippen molar-refractivity contribution >= 4 is 27.3 Å². The summed E-state index contributed by atoms with van der Waals surface area (Å²) in [6.45, 7) is -0.0604. The van der Waals surface area contributed by atoms with E-state index in [1.165, 1.54) is 22.2 Å². The number of aromatic nitrogens is 4. The second kappa shape index (κ2) is 11.0. The number of hydrogen-bond acceptors (Lipinski definition) is 9. The number of thiophene rings is 1. The van der Waals surface area contributed by atoms with Crippen molar-refractivity contribution in [2.45, 2.75) is 23.2 Å². The zero-order chi connectivity index (χ0) is 25.7. The van der Waals surface area contributed by atoms with Crippen LogP contribution >= 0.6 is 11.3 Å². The van der Waals surface area contributed by atoms with Crippen LogP contribution in [0.1, 0.15) is 17.3 Å². The molecule has 188 valence electrons. The molecular weight excluding hydrogens is 504 g/mol. The van der Waals surface area contributed by atoms with Crippen molar-refractivity contribution in [1.29, 1.82) is 0 Å². The number of hydroxylamine groups is 1. The van der Waals surface area contributed by atoms with Crippen molar-refractivity contribution in [2.24, 2.45) is 0 Å². The molecule has 4 rings (SSSR count). The molecule has 1 amide bonds. The van der Waals surface area contributed by atoms with Gasteiger partial charge in [-0.25, -0.2) is 18.6 Å². The van der Waals surface area contributed by atoms with E-state index in [0.717, 1.165) is 21.8 Å². The van der Waals surface area contributed by atoms with Gasteiger partial charge in [-0.1, -0.05) is 23.4 Å². The van der Waals surface area contributed by atoms with E-state index in [-0.39, 0.29) is 17.2 Å². The molecule has 3 aromatic heterocycles. The molecule has 4 aromatic rings. The summed E-state index contributed by atoms with van der Waals surface area (Å²) in [6, 6.07) is 14.9. The average molecular weight is 529 g/mol. The summed E-state index contributed by atoms with van der Waals surface area (Å²) in [5.74, 6) is -0.00373. The number of ether oxygens (including phenoxy) is 1. The third-order valence-electron chi connectivity index (χ3n) is 5.43. The molecule has 1 atom stereocenters. The standard InChI is InChI=1S/C23H24N6O5S2/c1-28(36(32,33)22-11-10-21(35-22)19-5-3-4-12-24-19)14-17-15-29(27-25-17)20(23(30)26-31)13-16-6-8-18(34-2)9-7-16/h3-12,15,20,31H,13-14H2,1-2H3,(H,26,30). The van der Waals surface area contributed by atoms with Crippen LogP contribution in [0, 0.1) is 0 Å². The third-order valence-corrected chi connectivity index (χ3v) is 8.80. The van der Waals surface area contributed by atoms with E-state index in [1.54, 1.807) is 61.3 Å². The number of hydrogen-bond donors (Lipinski definition) is 2. The number of amides is 1. The lowest BCUT2D eigenvalue weighted by Gasteiger charge is -2.15. The number of sulfonamides is 1. The Morgan fingerprint density at radius 2 is 1.97 bits per heavy atom. The first kappa shape index (κ1) is 25.4. The first-order valence-electron chi connectivity index (χ1n) is 10.8. The Balaban J connectivity index is 1.49. The van der Waals surface area contributed by atoms with E-state index in [0.29, 0.717) is 17.1 Å². The molecule has 2 N–H and O–H groups in total. The van der Waals surface area contributed by atoms with Gasteiger partial charge in [0.1, 0.15) is 16.0 Å². The second-order valence-corrected chi connectivity index (χ2v) is 11.2. The molecule has 0 spiro atoms. The monoisotopic (exact) mass is 528 g/mol. The summed E-state index contributed by atoms with van der Waals surface area (Å²) < 4.78 is 34.0. The molecule has 36 heavy (non-hydrogen) atoms. The fourth-order valence-electron chi connectivity index (χ4n) is 3.48. The van der Waals surface area contributed by atoms with Gasteiger partial charge in [-0.2, -0.15) is 4.31 Å². The predicted molar refractivity (Wildman–Crippen MR) is 132 cm³/mol. The normalized spacial score (nSPS) is 12.4. The van der Waals surface area contributed by atoms with Gasteiger partial charge in [0.25, 0.3) is 15.9 Å². The molecule has 1 aromatic carbocycles. The van der Waals surface area contributed by atoms with E-state index in [4.69, 9.17) is 4.74 Å². The number of nitrogens with zero attached hydrogens (tertiary/aromatic N) is 5. The van der Waals surface area contributed by atoms with Crippen molar-refractivity contribution < 1.29 is 23.2 Å². The highest BCUT2D eigenvalue weighted by atomic mass is 32.2. The topological polar surface area (TPSA) is 140 Å². The molecule has 0 aliphatic carbocycles. The van der Waals surface area contributed by atoms with Crippen molar-refractivity contribution in [3.63, 3.8) is 0 Å². The maximum Gasteiger partial charge on any atom is 0.268 e. The zero-order valence-electron chi connectivity index (χ0n) is 19.5. The fourth-order valence-corrected chi connectivity index (χ4v) is 6.11. The largest absolute Gasteiger partial charge is 0.497 e. The third kappa shape index (κ3) is 5.60. The van der Waals surface area contributed by atoms with Gasteiger partial charge in [0.2, 0.25) is 0 Å². The van der Waals surface area contributed by atoms with Crippen LogP contribution in [0.2, 0.25) is 0 Å². The van der Waals surface area contributed by atoms with Crippen LogP contribution in [-0.4, -0.2) is 58.0 Å². The van der Waals surface area contributed by atoms with Crippen molar-refractivity contribution in [1.82, 2.24) is 29.8 Å². The maximum absolute atomic E-state index is 13.1. The van der Waals surface area contributed by atoms with Gasteiger partial charge in [-0.15, -0.1) is 16.4 Å². The Labute approximate surface area is 212 Å². The minimum atomic E-state index is -3.80. The molecular formula is C23H24N6O5S2. The maximum atomic E-state index is 13.1. The molecule has 0 bridgehead atoms. The SMILES string of the molecule is COc1ccc(CC(C(=O)NO)n2cc(CN(C)S(=O)(=O)c3ccc(-c4ccccn4)s3)nn2)cc1. The molecule has 11 nitrogen and oxygen atoms in total. The molecule has 0 aliphatic heterocycles. The molecule has 0 aliphatic rings. The lowest BCUT2D eigenvalue weighted by atomic mass is 10.1. The van der Waals surface area contributed by atoms with E-state index in [9.17, 15) is 18.4 Å². The number of pyridine rings is 1. The fraction of sp³-hybridized carbons (Fsp3) is 0.217. The lowest BCUT2D eigenvalue weighted by Crippen LogP contribution is -2.32. The van der Waals surface area contributed by atoms with Gasteiger partial charge in [0, 0.05) is 19.7 Å². The highest BCUT2D eigenvalue weighted by Crippen LogP contribution is 2.31. The Morgan fingerprint density at radius 1 is 1.19 bits per heavy atom. The summed E-state index contributed by atoms with van der Waals surface area (Å²) in [5.41, 5.74) is 3.50. The van der Waals surface area contributed by atoms with Crippen LogP contribution in [0.4, 0.5) is 0 Å². The molecule has 3 heterocycles. The Morgan fingerprint density at radius 3 is 2.64 bits per heavy atom. The molecule has 0 saturated carbocycles. The minimum absolute atomic E-state index is 0.0604. The number of nitrogens with one attached hydrogen (secondary N) is 1. The van der Waals surface area contributed by atoms with Crippen LogP contribution in [0.25, 0.3) is 10.6 Å². The quantitative estimate of drug-likeness (QED) is 0.236. The minimum Gasteiger partial charge on any atom is -0.497 e. The number of rotatable bonds is 10. The molecule has 1 unspecified atom stereocenters. The van der Waals surface area contributed by atoms with Gasteiger partial charge in [0.15, 0.2) is 0 Å². The summed E-state index contributed by atoms with van der Waals surface area (Å²) >= 11 is 1.13. The first-order valence-corrected chi connectivity index (χ1v) is 13.0. The predicted octanol–water partition coefficient (Wildman–Crippen LogP) is 2.52. The summed E-state index contributed by atoms with van der Waals surface area (Å²) in [6.07, 6.45) is 3.36. The van der Waals surface area contributed by atoms with Crippen molar-refractivity contribution in [2.75, 3.05) is 14.2 Å². The summed E-state index contributed by atoms with van der Waals surface area (Å²) in [4.78, 5) is 17.4. The van der Waals surface area contributed by atoms with Crippen LogP contribution in [0.3, 0.4) is 0 Å². The Hall–Kier alpha value is -3.65. The molecule has 0 fully saturated rings. The van der Waals surface area contributed by atoms with Crippen LogP contribution in [-0.2, 0) is 27.8 Å². The van der Waals surface area contributed by atoms with Gasteiger partial charge in [0.05, 0.1) is 36.1 Å². The Kier molecular flexibility index (Phi) is 7.74. The van der Waals surface area contributed by atoms with Gasteiger partial charge >= 0.3 is 0 Å². The highest BCUT2D eigenvalue weighted by Gasteiger charge is 2.26. The molecule has 0 radical (unpaired) electrons. The van der Waals surface area contributed by atoms with E-state index in [2.05, 4.69) is 15.3 Å². The van der Waals surface area contributed by atoms with E-state index >= 15 is 0 Å². The molecule has 0 saturated heterocycles. The lowest BCUT2D eigenvalue weighted by molar-refractivity contribution is -0.133. The van der Waals surface area contributed by atoms with Crippen molar-refractivity contribution in [3.05, 3.63) is 78.2 Å². The van der Waals surface area contributed by atoms with Crippen LogP contribution in [0.5, 0.6) is 5.75 Å². The van der Waals surface area contributed by atoms with E-state index in [1.807, 2.05) is 12.1 Å². The second-order valence-electron chi connectivity index (χ2n) is 7.83. The van der Waals surface area contributed by atoms with Gasteiger partial charge in [-0.05, 0) is 42.0 Å². The van der Waals surface area contributed by atoms with Crippen molar-refractivity contribution in [3.8, 4) is 16.3 Å². The smallest absolute Gasteiger partial charge is 0.268 e. The highest BCUT2D eigenvalue weighted by molar-refractivity contribution is 7.91. The van der Waals surface area contributed by atoms with Gasteiger partial charge in [-0.3, -0.25) is 15.0 Å².